The van der Waals surface area contributed by atoms with Crippen molar-refractivity contribution in [1.82, 2.24) is 4.90 Å². The lowest BCUT2D eigenvalue weighted by Gasteiger charge is -2.37. The van der Waals surface area contributed by atoms with Crippen molar-refractivity contribution in [3.8, 4) is 0 Å². The lowest BCUT2D eigenvalue weighted by Crippen LogP contribution is -2.50. The van der Waals surface area contributed by atoms with E-state index in [1.807, 2.05) is 26.0 Å². The van der Waals surface area contributed by atoms with Crippen molar-refractivity contribution in [1.29, 1.82) is 0 Å². The Hall–Kier alpha value is -2.47. The predicted octanol–water partition coefficient (Wildman–Crippen LogP) is 3.90. The third kappa shape index (κ3) is 5.57. The molecule has 0 atom stereocenters. The summed E-state index contributed by atoms with van der Waals surface area (Å²) in [5, 5.41) is 0. The molecule has 30 heavy (non-hydrogen) atoms. The summed E-state index contributed by atoms with van der Waals surface area (Å²) in [5.74, 6) is -0.278. The molecule has 1 aliphatic rings. The van der Waals surface area contributed by atoms with Gasteiger partial charge in [-0.15, -0.1) is 11.8 Å². The van der Waals surface area contributed by atoms with Crippen molar-refractivity contribution >= 4 is 29.3 Å². The van der Waals surface area contributed by atoms with Crippen LogP contribution in [0.2, 0.25) is 0 Å². The fourth-order valence-corrected chi connectivity index (χ4v) is 4.46. The maximum atomic E-state index is 12.5. The highest BCUT2D eigenvalue weighted by molar-refractivity contribution is 8.00. The first-order chi connectivity index (χ1) is 14.3. The highest BCUT2D eigenvalue weighted by Crippen LogP contribution is 2.24. The van der Waals surface area contributed by atoms with Gasteiger partial charge in [-0.3, -0.25) is 9.59 Å². The molecule has 0 N–H and O–H groups in total. The van der Waals surface area contributed by atoms with Crippen LogP contribution in [-0.4, -0.2) is 55.3 Å². The molecule has 2 aromatic carbocycles. The van der Waals surface area contributed by atoms with Gasteiger partial charge in [0.05, 0.1) is 5.75 Å². The smallest absolute Gasteiger partial charge is 0.316 e. The molecule has 0 spiro atoms. The van der Waals surface area contributed by atoms with Crippen molar-refractivity contribution < 1.29 is 14.3 Å². The average Bonchev–Trinajstić information content (AvgIpc) is 2.73. The highest BCUT2D eigenvalue weighted by Gasteiger charge is 2.23. The van der Waals surface area contributed by atoms with E-state index in [1.54, 1.807) is 4.90 Å². The number of nitrogens with zero attached hydrogens (tertiary/aromatic N) is 2. The van der Waals surface area contributed by atoms with Crippen LogP contribution in [0.15, 0.2) is 41.3 Å². The molecule has 0 aliphatic carbocycles. The SMILES string of the molecule is Cc1ccc(SCC(=O)OCC(=O)N2CCN(c3cccc(C)c3C)CC2)c(C)c1. The Bertz CT molecular complexity index is 921. The number of piperazine rings is 1. The van der Waals surface area contributed by atoms with Crippen LogP contribution in [0.4, 0.5) is 5.69 Å². The molecule has 0 aromatic heterocycles. The standard InChI is InChI=1S/C24H30N2O3S/c1-17-8-9-22(19(3)14-17)30-16-24(28)29-15-23(27)26-12-10-25(11-13-26)21-7-5-6-18(2)20(21)4/h5-9,14H,10-13,15-16H2,1-4H3. The number of hydrogen-bond acceptors (Lipinski definition) is 5. The lowest BCUT2D eigenvalue weighted by atomic mass is 10.1. The molecular weight excluding hydrogens is 396 g/mol. The average molecular weight is 427 g/mol. The summed E-state index contributed by atoms with van der Waals surface area (Å²) in [7, 11) is 0. The van der Waals surface area contributed by atoms with Crippen LogP contribution in [0.5, 0.6) is 0 Å². The molecule has 3 rings (SSSR count). The molecule has 1 aliphatic heterocycles. The van der Waals surface area contributed by atoms with Gasteiger partial charge in [0.25, 0.3) is 5.91 Å². The number of aryl methyl sites for hydroxylation is 3. The zero-order chi connectivity index (χ0) is 21.7. The van der Waals surface area contributed by atoms with E-state index in [1.165, 1.54) is 34.1 Å². The van der Waals surface area contributed by atoms with Crippen LogP contribution in [0.1, 0.15) is 22.3 Å². The number of carbonyl (C=O) groups excluding carboxylic acids is 2. The Morgan fingerprint density at radius 2 is 1.70 bits per heavy atom. The molecule has 160 valence electrons. The normalized spacial score (nSPS) is 14.0. The molecular formula is C24H30N2O3S. The van der Waals surface area contributed by atoms with Crippen LogP contribution >= 0.6 is 11.8 Å². The van der Waals surface area contributed by atoms with Gasteiger partial charge in [-0.1, -0.05) is 29.8 Å². The molecule has 1 fully saturated rings. The molecule has 2 aromatic rings. The third-order valence-electron chi connectivity index (χ3n) is 5.58. The second-order valence-corrected chi connectivity index (χ2v) is 8.82. The van der Waals surface area contributed by atoms with Gasteiger partial charge >= 0.3 is 5.97 Å². The van der Waals surface area contributed by atoms with Gasteiger partial charge in [0, 0.05) is 36.8 Å². The van der Waals surface area contributed by atoms with E-state index in [-0.39, 0.29) is 24.2 Å². The van der Waals surface area contributed by atoms with Gasteiger partial charge in [0.1, 0.15) is 0 Å². The van der Waals surface area contributed by atoms with Gasteiger partial charge in [-0.05, 0) is 56.5 Å². The van der Waals surface area contributed by atoms with Crippen LogP contribution in [0, 0.1) is 27.7 Å². The van der Waals surface area contributed by atoms with Crippen LogP contribution in [-0.2, 0) is 14.3 Å². The van der Waals surface area contributed by atoms with Gasteiger partial charge in [0.15, 0.2) is 6.61 Å². The Labute approximate surface area is 183 Å². The minimum Gasteiger partial charge on any atom is -0.455 e. The highest BCUT2D eigenvalue weighted by atomic mass is 32.2. The quantitative estimate of drug-likeness (QED) is 0.518. The van der Waals surface area contributed by atoms with E-state index in [0.717, 1.165) is 23.5 Å². The van der Waals surface area contributed by atoms with E-state index >= 15 is 0 Å². The van der Waals surface area contributed by atoms with Crippen LogP contribution in [0.3, 0.4) is 0 Å². The molecule has 1 amide bonds. The summed E-state index contributed by atoms with van der Waals surface area (Å²) in [6.45, 7) is 11.0. The minimum atomic E-state index is -0.359. The lowest BCUT2D eigenvalue weighted by molar-refractivity contribution is -0.150. The van der Waals surface area contributed by atoms with Crippen LogP contribution in [0.25, 0.3) is 0 Å². The number of anilines is 1. The number of benzene rings is 2. The van der Waals surface area contributed by atoms with Crippen molar-refractivity contribution in [2.45, 2.75) is 32.6 Å². The van der Waals surface area contributed by atoms with Crippen molar-refractivity contribution in [2.24, 2.45) is 0 Å². The number of rotatable bonds is 6. The van der Waals surface area contributed by atoms with Gasteiger partial charge in [-0.2, -0.15) is 0 Å². The van der Waals surface area contributed by atoms with Gasteiger partial charge < -0.3 is 14.5 Å². The number of ether oxygens (including phenoxy) is 1. The molecule has 0 unspecified atom stereocenters. The monoisotopic (exact) mass is 426 g/mol. The first kappa shape index (κ1) is 22.2. The maximum absolute atomic E-state index is 12.5. The summed E-state index contributed by atoms with van der Waals surface area (Å²) >= 11 is 1.45. The number of esters is 1. The number of carbonyl (C=O) groups is 2. The first-order valence-corrected chi connectivity index (χ1v) is 11.3. The zero-order valence-electron chi connectivity index (χ0n) is 18.2. The minimum absolute atomic E-state index is 0.125. The summed E-state index contributed by atoms with van der Waals surface area (Å²) < 4.78 is 5.22. The molecule has 1 heterocycles. The fourth-order valence-electron chi connectivity index (χ4n) is 3.65. The topological polar surface area (TPSA) is 49.9 Å². The van der Waals surface area contributed by atoms with Crippen LogP contribution < -0.4 is 4.90 Å². The Kier molecular flexibility index (Phi) is 7.43. The molecule has 0 radical (unpaired) electrons. The fraction of sp³-hybridized carbons (Fsp3) is 0.417. The number of thioether (sulfide) groups is 1. The van der Waals surface area contributed by atoms with E-state index in [2.05, 4.69) is 43.0 Å². The largest absolute Gasteiger partial charge is 0.455 e. The molecule has 6 heteroatoms. The Morgan fingerprint density at radius 1 is 0.967 bits per heavy atom. The third-order valence-corrected chi connectivity index (χ3v) is 6.73. The van der Waals surface area contributed by atoms with E-state index in [9.17, 15) is 9.59 Å². The van der Waals surface area contributed by atoms with Crippen molar-refractivity contribution in [3.05, 3.63) is 58.7 Å². The summed E-state index contributed by atoms with van der Waals surface area (Å²) in [5.41, 5.74) is 6.13. The number of amides is 1. The summed E-state index contributed by atoms with van der Waals surface area (Å²) in [6.07, 6.45) is 0. The van der Waals surface area contributed by atoms with Crippen molar-refractivity contribution in [3.63, 3.8) is 0 Å². The van der Waals surface area contributed by atoms with E-state index in [0.29, 0.717) is 13.1 Å². The second kappa shape index (κ2) is 10.0. The first-order valence-electron chi connectivity index (χ1n) is 10.3. The Balaban J connectivity index is 1.42. The molecule has 1 saturated heterocycles. The zero-order valence-corrected chi connectivity index (χ0v) is 19.1. The van der Waals surface area contributed by atoms with E-state index < -0.39 is 0 Å². The summed E-state index contributed by atoms with van der Waals surface area (Å²) in [4.78, 5) is 29.7. The molecule has 0 bridgehead atoms. The molecule has 5 nitrogen and oxygen atoms in total. The summed E-state index contributed by atoms with van der Waals surface area (Å²) in [6, 6.07) is 12.5. The Morgan fingerprint density at radius 3 is 2.40 bits per heavy atom. The van der Waals surface area contributed by atoms with Crippen molar-refractivity contribution in [2.75, 3.05) is 43.4 Å². The van der Waals surface area contributed by atoms with Gasteiger partial charge in [0.2, 0.25) is 0 Å². The maximum Gasteiger partial charge on any atom is 0.316 e. The second-order valence-electron chi connectivity index (χ2n) is 7.81. The molecule has 0 saturated carbocycles. The predicted molar refractivity (Wildman–Crippen MR) is 122 cm³/mol. The van der Waals surface area contributed by atoms with E-state index in [4.69, 9.17) is 4.74 Å². The number of hydrogen-bond donors (Lipinski definition) is 0. The van der Waals surface area contributed by atoms with Gasteiger partial charge in [-0.25, -0.2) is 0 Å².